The SMILES string of the molecule is CCCCCNC(=CN)C(C)=O. The highest BCUT2D eigenvalue weighted by Crippen LogP contribution is 1.94. The minimum atomic E-state index is -0.00556. The van der Waals surface area contributed by atoms with Crippen molar-refractivity contribution in [2.24, 2.45) is 5.73 Å². The number of Topliss-reactive ketones (excluding diaryl/α,β-unsaturated/α-hetero) is 1. The van der Waals surface area contributed by atoms with Crippen LogP contribution in [0.25, 0.3) is 0 Å². The molecule has 0 aromatic rings. The topological polar surface area (TPSA) is 55.1 Å². The highest BCUT2D eigenvalue weighted by molar-refractivity contribution is 5.92. The first kappa shape index (κ1) is 11.0. The van der Waals surface area contributed by atoms with Crippen molar-refractivity contribution in [1.29, 1.82) is 0 Å². The standard InChI is InChI=1S/C9H18N2O/c1-3-4-5-6-11-9(7-10)8(2)12/h7,11H,3-6,10H2,1-2H3. The van der Waals surface area contributed by atoms with E-state index in [1.165, 1.54) is 26.0 Å². The highest BCUT2D eigenvalue weighted by Gasteiger charge is 1.99. The molecule has 0 heterocycles. The van der Waals surface area contributed by atoms with E-state index in [9.17, 15) is 4.79 Å². The van der Waals surface area contributed by atoms with Crippen molar-refractivity contribution in [2.45, 2.75) is 33.1 Å². The third-order valence-corrected chi connectivity index (χ3v) is 1.64. The summed E-state index contributed by atoms with van der Waals surface area (Å²) in [5.74, 6) is -0.00556. The number of carbonyl (C=O) groups is 1. The maximum absolute atomic E-state index is 10.8. The summed E-state index contributed by atoms with van der Waals surface area (Å²) in [5, 5.41) is 2.99. The number of allylic oxidation sites excluding steroid dienone is 1. The summed E-state index contributed by atoms with van der Waals surface area (Å²) in [6, 6.07) is 0. The molecule has 0 amide bonds. The van der Waals surface area contributed by atoms with Gasteiger partial charge in [0.15, 0.2) is 5.78 Å². The van der Waals surface area contributed by atoms with E-state index in [4.69, 9.17) is 5.73 Å². The first-order valence-corrected chi connectivity index (χ1v) is 4.39. The van der Waals surface area contributed by atoms with Gasteiger partial charge in [-0.1, -0.05) is 19.8 Å². The predicted octanol–water partition coefficient (Wildman–Crippen LogP) is 1.16. The van der Waals surface area contributed by atoms with Crippen molar-refractivity contribution < 1.29 is 4.79 Å². The van der Waals surface area contributed by atoms with Crippen molar-refractivity contribution in [3.8, 4) is 0 Å². The van der Waals surface area contributed by atoms with Gasteiger partial charge in [0.05, 0.1) is 5.70 Å². The molecule has 3 N–H and O–H groups in total. The Morgan fingerprint density at radius 2 is 2.17 bits per heavy atom. The molecule has 0 fully saturated rings. The molecule has 3 heteroatoms. The van der Waals surface area contributed by atoms with Gasteiger partial charge in [0.2, 0.25) is 0 Å². The van der Waals surface area contributed by atoms with E-state index in [2.05, 4.69) is 12.2 Å². The van der Waals surface area contributed by atoms with Crippen LogP contribution in [0.1, 0.15) is 33.1 Å². The van der Waals surface area contributed by atoms with E-state index in [1.807, 2.05) is 0 Å². The van der Waals surface area contributed by atoms with Crippen LogP contribution < -0.4 is 11.1 Å². The molecule has 3 nitrogen and oxygen atoms in total. The summed E-state index contributed by atoms with van der Waals surface area (Å²) in [6.07, 6.45) is 4.78. The normalized spacial score (nSPS) is 11.3. The zero-order valence-corrected chi connectivity index (χ0v) is 7.89. The highest BCUT2D eigenvalue weighted by atomic mass is 16.1. The molecular weight excluding hydrogens is 152 g/mol. The number of nitrogens with one attached hydrogen (secondary N) is 1. The first-order chi connectivity index (χ1) is 5.72. The fourth-order valence-electron chi connectivity index (χ4n) is 0.899. The zero-order chi connectivity index (χ0) is 9.40. The molecule has 0 saturated heterocycles. The van der Waals surface area contributed by atoms with Crippen molar-refractivity contribution >= 4 is 5.78 Å². The largest absolute Gasteiger partial charge is 0.403 e. The summed E-state index contributed by atoms with van der Waals surface area (Å²) >= 11 is 0. The Bertz CT molecular complexity index is 164. The molecule has 0 aromatic heterocycles. The van der Waals surface area contributed by atoms with Gasteiger partial charge in [0.25, 0.3) is 0 Å². The van der Waals surface area contributed by atoms with Crippen LogP contribution in [0.3, 0.4) is 0 Å². The predicted molar refractivity (Wildman–Crippen MR) is 50.5 cm³/mol. The van der Waals surface area contributed by atoms with Gasteiger partial charge in [-0.25, -0.2) is 0 Å². The Hall–Kier alpha value is -0.990. The summed E-state index contributed by atoms with van der Waals surface area (Å²) in [4.78, 5) is 10.8. The number of unbranched alkanes of at least 4 members (excludes halogenated alkanes) is 2. The summed E-state index contributed by atoms with van der Waals surface area (Å²) in [7, 11) is 0. The second-order valence-corrected chi connectivity index (χ2v) is 2.77. The number of ketones is 1. The quantitative estimate of drug-likeness (QED) is 0.464. The molecule has 0 spiro atoms. The van der Waals surface area contributed by atoms with Crippen LogP contribution in [0.2, 0.25) is 0 Å². The first-order valence-electron chi connectivity index (χ1n) is 4.39. The molecule has 0 aliphatic heterocycles. The molecular formula is C9H18N2O. The Kier molecular flexibility index (Phi) is 6.15. The van der Waals surface area contributed by atoms with Crippen LogP contribution in [0, 0.1) is 0 Å². The van der Waals surface area contributed by atoms with Gasteiger partial charge in [0, 0.05) is 19.7 Å². The van der Waals surface area contributed by atoms with Gasteiger partial charge in [-0.15, -0.1) is 0 Å². The van der Waals surface area contributed by atoms with Crippen LogP contribution in [0.5, 0.6) is 0 Å². The summed E-state index contributed by atoms with van der Waals surface area (Å²) in [6.45, 7) is 4.48. The summed E-state index contributed by atoms with van der Waals surface area (Å²) < 4.78 is 0. The molecule has 0 atom stereocenters. The second kappa shape index (κ2) is 6.70. The van der Waals surface area contributed by atoms with E-state index in [0.29, 0.717) is 5.70 Å². The lowest BCUT2D eigenvalue weighted by atomic mass is 10.2. The van der Waals surface area contributed by atoms with Crippen LogP contribution in [0.4, 0.5) is 0 Å². The van der Waals surface area contributed by atoms with Crippen molar-refractivity contribution in [3.05, 3.63) is 11.9 Å². The molecule has 0 unspecified atom stereocenters. The van der Waals surface area contributed by atoms with Gasteiger partial charge in [-0.05, 0) is 6.42 Å². The van der Waals surface area contributed by atoms with E-state index in [-0.39, 0.29) is 5.78 Å². The molecule has 0 aromatic carbocycles. The third kappa shape index (κ3) is 4.77. The van der Waals surface area contributed by atoms with Crippen LogP contribution in [-0.2, 0) is 4.79 Å². The number of carbonyl (C=O) groups excluding carboxylic acids is 1. The Labute approximate surface area is 74.0 Å². The van der Waals surface area contributed by atoms with Gasteiger partial charge in [-0.3, -0.25) is 4.79 Å². The maximum Gasteiger partial charge on any atom is 0.177 e. The maximum atomic E-state index is 10.8. The summed E-state index contributed by atoms with van der Waals surface area (Å²) in [5.41, 5.74) is 5.76. The smallest absolute Gasteiger partial charge is 0.177 e. The van der Waals surface area contributed by atoms with Gasteiger partial charge in [0.1, 0.15) is 0 Å². The minimum absolute atomic E-state index is 0.00556. The van der Waals surface area contributed by atoms with Gasteiger partial charge in [-0.2, -0.15) is 0 Å². The number of nitrogens with two attached hydrogens (primary N) is 1. The van der Waals surface area contributed by atoms with Gasteiger partial charge >= 0.3 is 0 Å². The average molecular weight is 170 g/mol. The van der Waals surface area contributed by atoms with E-state index in [0.717, 1.165) is 13.0 Å². The lowest BCUT2D eigenvalue weighted by Gasteiger charge is -2.05. The van der Waals surface area contributed by atoms with Crippen LogP contribution >= 0.6 is 0 Å². The number of hydrogen-bond donors (Lipinski definition) is 2. The molecule has 0 radical (unpaired) electrons. The molecule has 0 rings (SSSR count). The molecule has 70 valence electrons. The lowest BCUT2D eigenvalue weighted by Crippen LogP contribution is -2.21. The molecule has 12 heavy (non-hydrogen) atoms. The molecule has 0 saturated carbocycles. The lowest BCUT2D eigenvalue weighted by molar-refractivity contribution is -0.114. The molecule has 0 aliphatic rings. The Balaban J connectivity index is 3.54. The zero-order valence-electron chi connectivity index (χ0n) is 7.89. The molecule has 0 bridgehead atoms. The minimum Gasteiger partial charge on any atom is -0.403 e. The average Bonchev–Trinajstić information content (AvgIpc) is 2.04. The fourth-order valence-corrected chi connectivity index (χ4v) is 0.899. The monoisotopic (exact) mass is 170 g/mol. The van der Waals surface area contributed by atoms with Crippen molar-refractivity contribution in [3.63, 3.8) is 0 Å². The van der Waals surface area contributed by atoms with E-state index < -0.39 is 0 Å². The van der Waals surface area contributed by atoms with Gasteiger partial charge < -0.3 is 11.1 Å². The second-order valence-electron chi connectivity index (χ2n) is 2.77. The van der Waals surface area contributed by atoms with Crippen molar-refractivity contribution in [2.75, 3.05) is 6.54 Å². The van der Waals surface area contributed by atoms with Crippen LogP contribution in [-0.4, -0.2) is 12.3 Å². The van der Waals surface area contributed by atoms with Crippen molar-refractivity contribution in [1.82, 2.24) is 5.32 Å². The Morgan fingerprint density at radius 1 is 1.50 bits per heavy atom. The number of rotatable bonds is 6. The third-order valence-electron chi connectivity index (χ3n) is 1.64. The van der Waals surface area contributed by atoms with Crippen LogP contribution in [0.15, 0.2) is 11.9 Å². The number of hydrogen-bond acceptors (Lipinski definition) is 3. The Morgan fingerprint density at radius 3 is 2.58 bits per heavy atom. The fraction of sp³-hybridized carbons (Fsp3) is 0.667. The molecule has 0 aliphatic carbocycles. The van der Waals surface area contributed by atoms with E-state index >= 15 is 0 Å². The van der Waals surface area contributed by atoms with E-state index in [1.54, 1.807) is 0 Å².